The maximum atomic E-state index is 11.8. The summed E-state index contributed by atoms with van der Waals surface area (Å²) in [6.45, 7) is 2.15. The van der Waals surface area contributed by atoms with E-state index in [0.717, 1.165) is 37.1 Å². The molecule has 0 spiro atoms. The normalized spacial score (nSPS) is 26.6. The average Bonchev–Trinajstić information content (AvgIpc) is 3.24. The fraction of sp³-hybridized carbons (Fsp3) is 0.471. The number of aromatic nitrogens is 3. The molecule has 0 unspecified atom stereocenters. The Morgan fingerprint density at radius 1 is 1.46 bits per heavy atom. The van der Waals surface area contributed by atoms with E-state index in [1.165, 1.54) is 6.33 Å². The number of hydrogen-bond acceptors (Lipinski definition) is 4. The van der Waals surface area contributed by atoms with Crippen LogP contribution in [-0.2, 0) is 11.3 Å². The summed E-state index contributed by atoms with van der Waals surface area (Å²) in [6.07, 6.45) is 5.96. The minimum atomic E-state index is -0.639. The summed E-state index contributed by atoms with van der Waals surface area (Å²) >= 11 is 6.14. The van der Waals surface area contributed by atoms with Crippen LogP contribution in [0.2, 0.25) is 5.02 Å². The van der Waals surface area contributed by atoms with E-state index in [2.05, 4.69) is 15.0 Å². The topological polar surface area (TPSA) is 71.2 Å². The molecular weight excluding hydrogens is 328 g/mol. The van der Waals surface area contributed by atoms with Gasteiger partial charge in [0, 0.05) is 24.7 Å². The lowest BCUT2D eigenvalue weighted by molar-refractivity contribution is -0.149. The number of rotatable bonds is 4. The lowest BCUT2D eigenvalue weighted by Gasteiger charge is -2.24. The van der Waals surface area contributed by atoms with Gasteiger partial charge in [-0.3, -0.25) is 9.69 Å². The lowest BCUT2D eigenvalue weighted by atomic mass is 9.81. The molecule has 0 bridgehead atoms. The number of carboxylic acid groups (broad SMARTS) is 1. The van der Waals surface area contributed by atoms with Crippen molar-refractivity contribution in [2.24, 2.45) is 11.3 Å². The number of carbonyl (C=O) groups is 1. The Balaban J connectivity index is 1.60. The van der Waals surface area contributed by atoms with Gasteiger partial charge in [0.2, 0.25) is 0 Å². The highest BCUT2D eigenvalue weighted by molar-refractivity contribution is 6.30. The van der Waals surface area contributed by atoms with E-state index in [4.69, 9.17) is 11.6 Å². The molecule has 1 saturated heterocycles. The summed E-state index contributed by atoms with van der Waals surface area (Å²) in [5.74, 6) is -0.378. The maximum Gasteiger partial charge on any atom is 0.311 e. The Morgan fingerprint density at radius 2 is 2.33 bits per heavy atom. The minimum Gasteiger partial charge on any atom is -0.481 e. The Bertz CT molecular complexity index is 764. The molecule has 24 heavy (non-hydrogen) atoms. The van der Waals surface area contributed by atoms with Crippen LogP contribution in [0.3, 0.4) is 0 Å². The molecule has 2 aromatic rings. The zero-order valence-electron chi connectivity index (χ0n) is 13.2. The number of likely N-dealkylation sites (tertiary alicyclic amines) is 1. The summed E-state index contributed by atoms with van der Waals surface area (Å²) in [7, 11) is 0. The van der Waals surface area contributed by atoms with Gasteiger partial charge in [-0.2, -0.15) is 5.10 Å². The van der Waals surface area contributed by atoms with Gasteiger partial charge in [0.05, 0.1) is 11.1 Å². The van der Waals surface area contributed by atoms with E-state index >= 15 is 0 Å². The zero-order chi connectivity index (χ0) is 16.7. The molecule has 0 radical (unpaired) electrons. The molecule has 1 saturated carbocycles. The molecule has 2 heterocycles. The number of hydrogen-bond donors (Lipinski definition) is 1. The van der Waals surface area contributed by atoms with Crippen LogP contribution in [0.25, 0.3) is 5.69 Å². The number of fused-ring (bicyclic) bond motifs is 1. The first-order valence-corrected chi connectivity index (χ1v) is 8.55. The van der Waals surface area contributed by atoms with E-state index in [-0.39, 0.29) is 5.92 Å². The van der Waals surface area contributed by atoms with Crippen molar-refractivity contribution in [3.05, 3.63) is 41.4 Å². The maximum absolute atomic E-state index is 11.8. The first-order chi connectivity index (χ1) is 11.6. The predicted octanol–water partition coefficient (Wildman–Crippen LogP) is 2.61. The van der Waals surface area contributed by atoms with Crippen LogP contribution in [0.5, 0.6) is 0 Å². The third-order valence-corrected chi connectivity index (χ3v) is 5.71. The van der Waals surface area contributed by atoms with Gasteiger partial charge in [-0.25, -0.2) is 9.67 Å². The van der Waals surface area contributed by atoms with Crippen molar-refractivity contribution in [1.29, 1.82) is 0 Å². The second-order valence-corrected chi connectivity index (χ2v) is 7.27. The van der Waals surface area contributed by atoms with Gasteiger partial charge >= 0.3 is 5.97 Å². The highest BCUT2D eigenvalue weighted by Crippen LogP contribution is 2.49. The van der Waals surface area contributed by atoms with Crippen LogP contribution in [0.4, 0.5) is 0 Å². The lowest BCUT2D eigenvalue weighted by Crippen LogP contribution is -2.35. The third-order valence-electron chi connectivity index (χ3n) is 5.47. The second-order valence-electron chi connectivity index (χ2n) is 6.83. The SMILES string of the molecule is O=C(O)[C@@]12CCC[C@H]1CN(Cc1ccc(Cl)cc1-n1cncn1)C2. The summed E-state index contributed by atoms with van der Waals surface area (Å²) in [6, 6.07) is 5.72. The van der Waals surface area contributed by atoms with E-state index in [0.29, 0.717) is 18.1 Å². The molecule has 4 rings (SSSR count). The highest BCUT2D eigenvalue weighted by Gasteiger charge is 2.54. The van der Waals surface area contributed by atoms with Gasteiger partial charge in [-0.15, -0.1) is 0 Å². The summed E-state index contributed by atoms with van der Waals surface area (Å²) in [4.78, 5) is 18.1. The number of halogens is 1. The molecule has 1 aromatic carbocycles. The van der Waals surface area contributed by atoms with Gasteiger partial charge < -0.3 is 5.11 Å². The Labute approximate surface area is 145 Å². The molecule has 2 aliphatic rings. The fourth-order valence-corrected chi connectivity index (χ4v) is 4.49. The van der Waals surface area contributed by atoms with Crippen molar-refractivity contribution in [1.82, 2.24) is 19.7 Å². The van der Waals surface area contributed by atoms with Crippen molar-refractivity contribution in [3.8, 4) is 5.69 Å². The van der Waals surface area contributed by atoms with Gasteiger partial charge in [0.1, 0.15) is 12.7 Å². The van der Waals surface area contributed by atoms with Crippen LogP contribution >= 0.6 is 11.6 Å². The molecule has 2 fully saturated rings. The molecular formula is C17H19ClN4O2. The Morgan fingerprint density at radius 3 is 3.04 bits per heavy atom. The van der Waals surface area contributed by atoms with Gasteiger partial charge in [-0.05, 0) is 36.5 Å². The average molecular weight is 347 g/mol. The monoisotopic (exact) mass is 346 g/mol. The van der Waals surface area contributed by atoms with E-state index in [1.54, 1.807) is 11.0 Å². The van der Waals surface area contributed by atoms with Crippen molar-refractivity contribution in [2.45, 2.75) is 25.8 Å². The number of benzene rings is 1. The molecule has 0 amide bonds. The summed E-state index contributed by atoms with van der Waals surface area (Å²) in [5, 5.41) is 14.6. The van der Waals surface area contributed by atoms with Crippen molar-refractivity contribution >= 4 is 17.6 Å². The Kier molecular flexibility index (Phi) is 3.81. The molecule has 2 atom stereocenters. The van der Waals surface area contributed by atoms with E-state index < -0.39 is 11.4 Å². The molecule has 1 aliphatic heterocycles. The standard InChI is InChI=1S/C17H19ClN4O2/c18-14-4-3-12(15(6-14)22-11-19-10-20-22)7-21-8-13-2-1-5-17(13,9-21)16(23)24/h3-4,6,10-11,13H,1-2,5,7-9H2,(H,23,24)/t13-,17+/m0/s1. The zero-order valence-corrected chi connectivity index (χ0v) is 14.0. The highest BCUT2D eigenvalue weighted by atomic mass is 35.5. The van der Waals surface area contributed by atoms with Gasteiger partial charge in [0.25, 0.3) is 0 Å². The van der Waals surface area contributed by atoms with Crippen LogP contribution in [-0.4, -0.2) is 43.8 Å². The van der Waals surface area contributed by atoms with Gasteiger partial charge in [-0.1, -0.05) is 24.1 Å². The first kappa shape index (κ1) is 15.6. The minimum absolute atomic E-state index is 0.261. The second kappa shape index (κ2) is 5.86. The van der Waals surface area contributed by atoms with E-state index in [9.17, 15) is 9.90 Å². The van der Waals surface area contributed by atoms with Crippen LogP contribution in [0.15, 0.2) is 30.9 Å². The van der Waals surface area contributed by atoms with E-state index in [1.807, 2.05) is 18.2 Å². The van der Waals surface area contributed by atoms with Crippen molar-refractivity contribution < 1.29 is 9.90 Å². The molecule has 1 aliphatic carbocycles. The van der Waals surface area contributed by atoms with Crippen molar-refractivity contribution in [2.75, 3.05) is 13.1 Å². The van der Waals surface area contributed by atoms with Crippen LogP contribution < -0.4 is 0 Å². The first-order valence-electron chi connectivity index (χ1n) is 8.18. The molecule has 7 heteroatoms. The number of nitrogens with zero attached hydrogens (tertiary/aromatic N) is 4. The Hall–Kier alpha value is -1.92. The largest absolute Gasteiger partial charge is 0.481 e. The van der Waals surface area contributed by atoms with Gasteiger partial charge in [0.15, 0.2) is 0 Å². The van der Waals surface area contributed by atoms with Crippen molar-refractivity contribution in [3.63, 3.8) is 0 Å². The third kappa shape index (κ3) is 2.50. The van der Waals surface area contributed by atoms with Crippen LogP contribution in [0.1, 0.15) is 24.8 Å². The molecule has 1 aromatic heterocycles. The summed E-state index contributed by atoms with van der Waals surface area (Å²) in [5.41, 5.74) is 1.41. The molecule has 6 nitrogen and oxygen atoms in total. The fourth-order valence-electron chi connectivity index (χ4n) is 4.32. The quantitative estimate of drug-likeness (QED) is 0.921. The number of aliphatic carboxylic acids is 1. The molecule has 126 valence electrons. The van der Waals surface area contributed by atoms with Crippen LogP contribution in [0, 0.1) is 11.3 Å². The smallest absolute Gasteiger partial charge is 0.311 e. The number of carboxylic acids is 1. The summed E-state index contributed by atoms with van der Waals surface area (Å²) < 4.78 is 1.70. The molecule has 1 N–H and O–H groups in total. The predicted molar refractivity (Wildman–Crippen MR) is 89.1 cm³/mol.